The van der Waals surface area contributed by atoms with Crippen molar-refractivity contribution in [2.24, 2.45) is 0 Å². The fourth-order valence-electron chi connectivity index (χ4n) is 2.91. The molecule has 6 nitrogen and oxygen atoms in total. The lowest BCUT2D eigenvalue weighted by Gasteiger charge is -2.26. The lowest BCUT2D eigenvalue weighted by molar-refractivity contribution is -0.122. The molecular weight excluding hydrogens is 258 g/mol. The summed E-state index contributed by atoms with van der Waals surface area (Å²) in [6.45, 7) is 5.79. The van der Waals surface area contributed by atoms with E-state index in [0.29, 0.717) is 19.1 Å². The molecule has 1 amide bonds. The molecule has 0 bridgehead atoms. The highest BCUT2D eigenvalue weighted by Gasteiger charge is 2.25. The molecule has 0 saturated carbocycles. The Labute approximate surface area is 121 Å². The predicted octanol–water partition coefficient (Wildman–Crippen LogP) is -0.408. The van der Waals surface area contributed by atoms with E-state index in [1.54, 1.807) is 7.11 Å². The smallest absolute Gasteiger partial charge is 0.221 e. The molecule has 0 aromatic carbocycles. The molecular formula is C14H27N3O3. The van der Waals surface area contributed by atoms with Gasteiger partial charge in [-0.05, 0) is 19.4 Å². The van der Waals surface area contributed by atoms with E-state index in [9.17, 15) is 4.79 Å². The molecule has 0 aromatic heterocycles. The van der Waals surface area contributed by atoms with Gasteiger partial charge in [-0.1, -0.05) is 0 Å². The van der Waals surface area contributed by atoms with Crippen LogP contribution in [-0.4, -0.2) is 76.0 Å². The topological polar surface area (TPSA) is 62.8 Å². The van der Waals surface area contributed by atoms with Crippen LogP contribution in [0.4, 0.5) is 0 Å². The lowest BCUT2D eigenvalue weighted by Crippen LogP contribution is -2.46. The van der Waals surface area contributed by atoms with Gasteiger partial charge in [0.25, 0.3) is 0 Å². The van der Waals surface area contributed by atoms with E-state index in [-0.39, 0.29) is 11.9 Å². The normalized spacial score (nSPS) is 27.6. The molecule has 2 unspecified atom stereocenters. The van der Waals surface area contributed by atoms with Gasteiger partial charge in [-0.3, -0.25) is 9.69 Å². The minimum Gasteiger partial charge on any atom is -0.383 e. The Morgan fingerprint density at radius 3 is 3.20 bits per heavy atom. The number of likely N-dealkylation sites (tertiary alicyclic amines) is 1. The zero-order valence-corrected chi connectivity index (χ0v) is 12.4. The molecule has 0 aliphatic carbocycles. The first kappa shape index (κ1) is 15.7. The van der Waals surface area contributed by atoms with Crippen molar-refractivity contribution in [2.75, 3.05) is 53.1 Å². The number of carbonyl (C=O) groups excluding carboxylic acids is 1. The third-order valence-electron chi connectivity index (χ3n) is 4.05. The van der Waals surface area contributed by atoms with Gasteiger partial charge in [0.15, 0.2) is 0 Å². The molecule has 2 heterocycles. The summed E-state index contributed by atoms with van der Waals surface area (Å²) in [5.74, 6) is 0.117. The van der Waals surface area contributed by atoms with Crippen molar-refractivity contribution >= 4 is 5.91 Å². The van der Waals surface area contributed by atoms with Crippen LogP contribution >= 0.6 is 0 Å². The Morgan fingerprint density at radius 1 is 1.55 bits per heavy atom. The fraction of sp³-hybridized carbons (Fsp3) is 0.929. The lowest BCUT2D eigenvalue weighted by atomic mass is 10.1. The standard InChI is InChI=1S/C14H27N3O3/c1-19-8-6-17-5-2-3-13(17)10-16-14(18)9-12-11-20-7-4-15-12/h12-13,15H,2-11H2,1H3,(H,16,18). The van der Waals surface area contributed by atoms with E-state index in [4.69, 9.17) is 9.47 Å². The Morgan fingerprint density at radius 2 is 2.45 bits per heavy atom. The highest BCUT2D eigenvalue weighted by atomic mass is 16.5. The number of rotatable bonds is 7. The van der Waals surface area contributed by atoms with Crippen LogP contribution in [0.5, 0.6) is 0 Å². The van der Waals surface area contributed by atoms with Gasteiger partial charge in [0.1, 0.15) is 0 Å². The molecule has 0 radical (unpaired) electrons. The maximum atomic E-state index is 11.9. The average Bonchev–Trinajstić information content (AvgIpc) is 2.91. The molecule has 116 valence electrons. The molecule has 0 aromatic rings. The summed E-state index contributed by atoms with van der Waals surface area (Å²) >= 11 is 0. The number of hydrogen-bond acceptors (Lipinski definition) is 5. The Hall–Kier alpha value is -0.690. The van der Waals surface area contributed by atoms with E-state index in [2.05, 4.69) is 15.5 Å². The molecule has 2 aliphatic heterocycles. The van der Waals surface area contributed by atoms with Crippen LogP contribution in [0.15, 0.2) is 0 Å². The van der Waals surface area contributed by atoms with E-state index < -0.39 is 0 Å². The summed E-state index contributed by atoms with van der Waals surface area (Å²) in [5.41, 5.74) is 0. The van der Waals surface area contributed by atoms with Crippen molar-refractivity contribution in [3.8, 4) is 0 Å². The SMILES string of the molecule is COCCN1CCCC1CNC(=O)CC1COCCN1. The van der Waals surface area contributed by atoms with Crippen molar-refractivity contribution in [2.45, 2.75) is 31.3 Å². The van der Waals surface area contributed by atoms with Crippen LogP contribution in [0.25, 0.3) is 0 Å². The van der Waals surface area contributed by atoms with E-state index in [0.717, 1.165) is 45.8 Å². The molecule has 0 spiro atoms. The van der Waals surface area contributed by atoms with Crippen LogP contribution in [-0.2, 0) is 14.3 Å². The summed E-state index contributed by atoms with van der Waals surface area (Å²) in [4.78, 5) is 14.3. The first-order valence-corrected chi connectivity index (χ1v) is 7.60. The summed E-state index contributed by atoms with van der Waals surface area (Å²) in [5, 5.41) is 6.36. The van der Waals surface area contributed by atoms with Gasteiger partial charge in [0, 0.05) is 45.2 Å². The van der Waals surface area contributed by atoms with Crippen molar-refractivity contribution < 1.29 is 14.3 Å². The summed E-state index contributed by atoms with van der Waals surface area (Å²) in [7, 11) is 1.73. The van der Waals surface area contributed by atoms with Gasteiger partial charge in [-0.25, -0.2) is 0 Å². The Bertz CT molecular complexity index is 295. The van der Waals surface area contributed by atoms with Crippen molar-refractivity contribution in [3.05, 3.63) is 0 Å². The van der Waals surface area contributed by atoms with Crippen LogP contribution in [0.3, 0.4) is 0 Å². The fourth-order valence-corrected chi connectivity index (χ4v) is 2.91. The number of nitrogens with zero attached hydrogens (tertiary/aromatic N) is 1. The van der Waals surface area contributed by atoms with Gasteiger partial charge < -0.3 is 20.1 Å². The minimum atomic E-state index is 0.117. The average molecular weight is 285 g/mol. The third kappa shape index (κ3) is 5.01. The van der Waals surface area contributed by atoms with Crippen molar-refractivity contribution in [1.29, 1.82) is 0 Å². The third-order valence-corrected chi connectivity index (χ3v) is 4.05. The summed E-state index contributed by atoms with van der Waals surface area (Å²) in [6, 6.07) is 0.626. The maximum absolute atomic E-state index is 11.9. The number of nitrogens with one attached hydrogen (secondary N) is 2. The monoisotopic (exact) mass is 285 g/mol. The second kappa shape index (κ2) is 8.56. The van der Waals surface area contributed by atoms with Crippen LogP contribution in [0.2, 0.25) is 0 Å². The van der Waals surface area contributed by atoms with Gasteiger partial charge in [0.05, 0.1) is 19.8 Å². The highest BCUT2D eigenvalue weighted by molar-refractivity contribution is 5.76. The van der Waals surface area contributed by atoms with Crippen LogP contribution < -0.4 is 10.6 Å². The highest BCUT2D eigenvalue weighted by Crippen LogP contribution is 2.15. The zero-order valence-electron chi connectivity index (χ0n) is 12.4. The second-order valence-corrected chi connectivity index (χ2v) is 5.56. The molecule has 2 N–H and O–H groups in total. The second-order valence-electron chi connectivity index (χ2n) is 5.56. The number of ether oxygens (including phenoxy) is 2. The zero-order chi connectivity index (χ0) is 14.2. The summed E-state index contributed by atoms with van der Waals surface area (Å²) < 4.78 is 10.5. The van der Waals surface area contributed by atoms with E-state index in [1.165, 1.54) is 6.42 Å². The van der Waals surface area contributed by atoms with Gasteiger partial charge in [-0.2, -0.15) is 0 Å². The molecule has 2 aliphatic rings. The predicted molar refractivity (Wildman–Crippen MR) is 76.7 cm³/mol. The molecule has 20 heavy (non-hydrogen) atoms. The Balaban J connectivity index is 1.64. The van der Waals surface area contributed by atoms with E-state index >= 15 is 0 Å². The molecule has 2 atom stereocenters. The number of hydrogen-bond donors (Lipinski definition) is 2. The van der Waals surface area contributed by atoms with Crippen LogP contribution in [0, 0.1) is 0 Å². The van der Waals surface area contributed by atoms with Gasteiger partial charge in [0.2, 0.25) is 5.91 Å². The summed E-state index contributed by atoms with van der Waals surface area (Å²) in [6.07, 6.45) is 2.88. The van der Waals surface area contributed by atoms with Crippen molar-refractivity contribution in [3.63, 3.8) is 0 Å². The number of amides is 1. The van der Waals surface area contributed by atoms with Gasteiger partial charge >= 0.3 is 0 Å². The van der Waals surface area contributed by atoms with E-state index in [1.807, 2.05) is 0 Å². The maximum Gasteiger partial charge on any atom is 0.221 e. The number of carbonyl (C=O) groups is 1. The quantitative estimate of drug-likeness (QED) is 0.666. The first-order chi connectivity index (χ1) is 9.79. The molecule has 2 fully saturated rings. The van der Waals surface area contributed by atoms with Crippen molar-refractivity contribution in [1.82, 2.24) is 15.5 Å². The number of methoxy groups -OCH3 is 1. The first-order valence-electron chi connectivity index (χ1n) is 7.60. The van der Waals surface area contributed by atoms with Gasteiger partial charge in [-0.15, -0.1) is 0 Å². The Kier molecular flexibility index (Phi) is 6.72. The molecule has 6 heteroatoms. The van der Waals surface area contributed by atoms with Crippen LogP contribution in [0.1, 0.15) is 19.3 Å². The largest absolute Gasteiger partial charge is 0.383 e. The number of morpholine rings is 1. The minimum absolute atomic E-state index is 0.117. The molecule has 2 saturated heterocycles. The molecule has 2 rings (SSSR count).